The number of phenols is 1. The molecule has 2 saturated heterocycles. The molecule has 2 aliphatic heterocycles. The molecule has 2 fully saturated rings. The molecule has 0 bridgehead atoms. The third-order valence-electron chi connectivity index (χ3n) is 6.04. The second-order valence-corrected chi connectivity index (χ2v) is 8.73. The topological polar surface area (TPSA) is 56.7 Å². The Labute approximate surface area is 175 Å². The average Bonchev–Trinajstić information content (AvgIpc) is 2.66. The second kappa shape index (κ2) is 7.95. The van der Waals surface area contributed by atoms with E-state index in [-0.39, 0.29) is 18.2 Å². The van der Waals surface area contributed by atoms with Gasteiger partial charge in [-0.2, -0.15) is 0 Å². The molecule has 1 aromatic carbocycles. The zero-order valence-electron chi connectivity index (χ0n) is 17.2. The summed E-state index contributed by atoms with van der Waals surface area (Å²) in [6.45, 7) is 3.10. The Bertz CT molecular complexity index is 919. The van der Waals surface area contributed by atoms with E-state index in [2.05, 4.69) is 4.98 Å². The molecule has 160 valence electrons. The van der Waals surface area contributed by atoms with Gasteiger partial charge in [-0.15, -0.1) is 0 Å². The van der Waals surface area contributed by atoms with Crippen LogP contribution in [0.4, 0.5) is 8.78 Å². The summed E-state index contributed by atoms with van der Waals surface area (Å²) in [6, 6.07) is 12.2. The van der Waals surface area contributed by atoms with Crippen molar-refractivity contribution in [3.8, 4) is 5.75 Å². The number of carbonyl (C=O) groups is 1. The average molecular weight is 415 g/mol. The molecule has 30 heavy (non-hydrogen) atoms. The summed E-state index contributed by atoms with van der Waals surface area (Å²) < 4.78 is 29.5. The number of aromatic hydroxyl groups is 1. The van der Waals surface area contributed by atoms with E-state index in [1.165, 1.54) is 0 Å². The van der Waals surface area contributed by atoms with Gasteiger partial charge >= 0.3 is 0 Å². The number of piperidine rings is 2. The fourth-order valence-corrected chi connectivity index (χ4v) is 4.89. The lowest BCUT2D eigenvalue weighted by atomic mass is 9.71. The van der Waals surface area contributed by atoms with Gasteiger partial charge in [0.1, 0.15) is 5.75 Å². The first-order valence-electron chi connectivity index (χ1n) is 10.3. The van der Waals surface area contributed by atoms with Gasteiger partial charge in [-0.25, -0.2) is 8.78 Å². The maximum atomic E-state index is 14.8. The summed E-state index contributed by atoms with van der Waals surface area (Å²) in [4.78, 5) is 21.3. The number of phenolic OH excluding ortho intramolecular Hbond substituents is 1. The van der Waals surface area contributed by atoms with Gasteiger partial charge in [0.25, 0.3) is 5.92 Å². The van der Waals surface area contributed by atoms with Crippen molar-refractivity contribution in [2.75, 3.05) is 19.6 Å². The largest absolute Gasteiger partial charge is 0.508 e. The summed E-state index contributed by atoms with van der Waals surface area (Å²) in [5.41, 5.74) is 1.42. The monoisotopic (exact) mass is 415 g/mol. The van der Waals surface area contributed by atoms with Crippen LogP contribution in [0, 0.1) is 12.3 Å². The lowest BCUT2D eigenvalue weighted by molar-refractivity contribution is -0.170. The Kier molecular flexibility index (Phi) is 5.49. The molecule has 0 aliphatic carbocycles. The lowest BCUT2D eigenvalue weighted by Crippen LogP contribution is -2.60. The minimum absolute atomic E-state index is 0.141. The van der Waals surface area contributed by atoms with Crippen molar-refractivity contribution in [1.29, 1.82) is 0 Å². The minimum atomic E-state index is -2.92. The maximum Gasteiger partial charge on any atom is 0.261 e. The Morgan fingerprint density at radius 3 is 2.60 bits per heavy atom. The van der Waals surface area contributed by atoms with Gasteiger partial charge in [-0.3, -0.25) is 14.7 Å². The number of pyridine rings is 1. The zero-order chi connectivity index (χ0) is 21.4. The summed E-state index contributed by atoms with van der Waals surface area (Å²) in [5, 5.41) is 9.46. The first-order chi connectivity index (χ1) is 14.2. The SMILES string of the molecule is Cc1cccc(CN2CCC[C@]3(CN(Cc4ccc(O)cc4)CC(F)(F)C3)C2=O)n1. The number of hydrogen-bond donors (Lipinski definition) is 1. The number of alkyl halides is 2. The van der Waals surface area contributed by atoms with Crippen LogP contribution in [-0.2, 0) is 17.9 Å². The van der Waals surface area contributed by atoms with Gasteiger partial charge in [0.2, 0.25) is 5.91 Å². The van der Waals surface area contributed by atoms with E-state index in [4.69, 9.17) is 0 Å². The standard InChI is InChI=1S/C23H27F2N3O2/c1-17-4-2-5-19(26-17)13-28-11-3-10-22(21(28)30)14-23(24,25)16-27(15-22)12-18-6-8-20(29)9-7-18/h2,4-9,29H,3,10-16H2,1H3/t22-/m0/s1. The van der Waals surface area contributed by atoms with E-state index in [9.17, 15) is 18.7 Å². The molecule has 7 heteroatoms. The molecule has 1 N–H and O–H groups in total. The molecule has 5 nitrogen and oxygen atoms in total. The van der Waals surface area contributed by atoms with Crippen molar-refractivity contribution in [1.82, 2.24) is 14.8 Å². The van der Waals surface area contributed by atoms with E-state index in [0.29, 0.717) is 39.0 Å². The van der Waals surface area contributed by atoms with Gasteiger partial charge in [-0.1, -0.05) is 18.2 Å². The van der Waals surface area contributed by atoms with E-state index < -0.39 is 17.8 Å². The number of benzene rings is 1. The number of carbonyl (C=O) groups excluding carboxylic acids is 1. The Morgan fingerprint density at radius 1 is 1.10 bits per heavy atom. The molecule has 0 radical (unpaired) electrons. The quantitative estimate of drug-likeness (QED) is 0.827. The van der Waals surface area contributed by atoms with Crippen LogP contribution in [0.2, 0.25) is 0 Å². The number of hydrogen-bond acceptors (Lipinski definition) is 4. The van der Waals surface area contributed by atoms with Crippen LogP contribution >= 0.6 is 0 Å². The lowest BCUT2D eigenvalue weighted by Gasteiger charge is -2.49. The Morgan fingerprint density at radius 2 is 1.87 bits per heavy atom. The number of halogens is 2. The number of aromatic nitrogens is 1. The smallest absolute Gasteiger partial charge is 0.261 e. The maximum absolute atomic E-state index is 14.8. The van der Waals surface area contributed by atoms with Crippen LogP contribution in [0.3, 0.4) is 0 Å². The minimum Gasteiger partial charge on any atom is -0.508 e. The van der Waals surface area contributed by atoms with Crippen LogP contribution in [0.25, 0.3) is 0 Å². The summed E-state index contributed by atoms with van der Waals surface area (Å²) in [6.07, 6.45) is 0.786. The fourth-order valence-electron chi connectivity index (χ4n) is 4.89. The number of likely N-dealkylation sites (tertiary alicyclic amines) is 2. The van der Waals surface area contributed by atoms with Crippen molar-refractivity contribution in [2.45, 2.75) is 45.2 Å². The van der Waals surface area contributed by atoms with E-state index in [1.54, 1.807) is 34.1 Å². The third kappa shape index (κ3) is 4.46. The van der Waals surface area contributed by atoms with Crippen molar-refractivity contribution in [2.24, 2.45) is 5.41 Å². The highest BCUT2D eigenvalue weighted by molar-refractivity contribution is 5.84. The number of rotatable bonds is 4. The van der Waals surface area contributed by atoms with Gasteiger partial charge in [0.05, 0.1) is 24.2 Å². The molecule has 0 saturated carbocycles. The Balaban J connectivity index is 1.54. The van der Waals surface area contributed by atoms with Gasteiger partial charge < -0.3 is 10.0 Å². The van der Waals surface area contributed by atoms with Crippen molar-refractivity contribution in [3.05, 3.63) is 59.4 Å². The highest BCUT2D eigenvalue weighted by Gasteiger charge is 2.55. The van der Waals surface area contributed by atoms with Crippen LogP contribution in [-0.4, -0.2) is 51.4 Å². The van der Waals surface area contributed by atoms with Crippen LogP contribution in [0.15, 0.2) is 42.5 Å². The van der Waals surface area contributed by atoms with Crippen molar-refractivity contribution < 1.29 is 18.7 Å². The Hall–Kier alpha value is -2.54. The van der Waals surface area contributed by atoms with Crippen LogP contribution in [0.1, 0.15) is 36.2 Å². The summed E-state index contributed by atoms with van der Waals surface area (Å²) in [7, 11) is 0. The van der Waals surface area contributed by atoms with Crippen LogP contribution < -0.4 is 0 Å². The third-order valence-corrected chi connectivity index (χ3v) is 6.04. The highest BCUT2D eigenvalue weighted by Crippen LogP contribution is 2.45. The molecule has 0 unspecified atom stereocenters. The summed E-state index contributed by atoms with van der Waals surface area (Å²) >= 11 is 0. The van der Waals surface area contributed by atoms with E-state index >= 15 is 0 Å². The normalized spacial score (nSPS) is 24.4. The fraction of sp³-hybridized carbons (Fsp3) is 0.478. The molecular weight excluding hydrogens is 388 g/mol. The molecule has 1 spiro atoms. The van der Waals surface area contributed by atoms with Crippen molar-refractivity contribution in [3.63, 3.8) is 0 Å². The van der Waals surface area contributed by atoms with E-state index in [0.717, 1.165) is 17.0 Å². The predicted octanol–water partition coefficient (Wildman–Crippen LogP) is 3.75. The van der Waals surface area contributed by atoms with Gasteiger partial charge in [0, 0.05) is 31.7 Å². The van der Waals surface area contributed by atoms with Gasteiger partial charge in [0.15, 0.2) is 0 Å². The first kappa shape index (κ1) is 20.7. The van der Waals surface area contributed by atoms with E-state index in [1.807, 2.05) is 25.1 Å². The summed E-state index contributed by atoms with van der Waals surface area (Å²) in [5.74, 6) is -2.97. The molecule has 2 aromatic rings. The van der Waals surface area contributed by atoms with Crippen LogP contribution in [0.5, 0.6) is 5.75 Å². The highest BCUT2D eigenvalue weighted by atomic mass is 19.3. The molecule has 1 aromatic heterocycles. The number of nitrogens with zero attached hydrogens (tertiary/aromatic N) is 3. The molecule has 4 rings (SSSR count). The molecule has 2 aliphatic rings. The second-order valence-electron chi connectivity index (χ2n) is 8.73. The molecule has 1 amide bonds. The number of amides is 1. The number of aryl methyl sites for hydroxylation is 1. The molecule has 1 atom stereocenters. The molecular formula is C23H27F2N3O2. The molecule has 3 heterocycles. The predicted molar refractivity (Wildman–Crippen MR) is 109 cm³/mol. The first-order valence-corrected chi connectivity index (χ1v) is 10.3. The van der Waals surface area contributed by atoms with Gasteiger partial charge in [-0.05, 0) is 49.6 Å². The van der Waals surface area contributed by atoms with Crippen molar-refractivity contribution >= 4 is 5.91 Å². The zero-order valence-corrected chi connectivity index (χ0v) is 17.2.